The topological polar surface area (TPSA) is 72.6 Å². The Morgan fingerprint density at radius 2 is 2.00 bits per heavy atom. The maximum atomic E-state index is 11.0. The largest absolute Gasteiger partial charge is 0.450 e. The molecule has 2 aromatic carbocycles. The number of aliphatic hydroxyl groups excluding tert-OH is 1. The van der Waals surface area contributed by atoms with Gasteiger partial charge in [-0.1, -0.05) is 23.7 Å². The number of hydrogen-bond acceptors (Lipinski definition) is 4. The van der Waals surface area contributed by atoms with E-state index in [1.54, 1.807) is 38.1 Å². The molecular weight excluding hydrogens is 294 g/mol. The van der Waals surface area contributed by atoms with Gasteiger partial charge in [0.15, 0.2) is 0 Å². The van der Waals surface area contributed by atoms with E-state index in [1.807, 2.05) is 0 Å². The van der Waals surface area contributed by atoms with Crippen LogP contribution >= 0.6 is 11.6 Å². The Hall–Kier alpha value is -2.11. The Morgan fingerprint density at radius 3 is 2.57 bits per heavy atom. The van der Waals surface area contributed by atoms with Crippen LogP contribution in [0.4, 0.5) is 5.69 Å². The highest BCUT2D eigenvalue weighted by molar-refractivity contribution is 6.31. The van der Waals surface area contributed by atoms with Gasteiger partial charge >= 0.3 is 5.69 Å². The summed E-state index contributed by atoms with van der Waals surface area (Å²) in [6.07, 6.45) is -0.694. The molecule has 0 aliphatic heterocycles. The molecule has 0 fully saturated rings. The number of halogens is 1. The number of nitrogens with zero attached hydrogens (tertiary/aromatic N) is 1. The molecule has 0 heterocycles. The van der Waals surface area contributed by atoms with Gasteiger partial charge in [-0.3, -0.25) is 10.1 Å². The SMILES string of the molecule is Cc1ccc(Oc2ccc(C(C)O)c(Cl)c2)c([N+](=O)[O-])c1. The van der Waals surface area contributed by atoms with Gasteiger partial charge in [0.2, 0.25) is 5.75 Å². The lowest BCUT2D eigenvalue weighted by Crippen LogP contribution is -1.96. The number of benzene rings is 2. The molecule has 0 radical (unpaired) electrons. The number of nitro benzene ring substituents is 1. The molecule has 2 aromatic rings. The van der Waals surface area contributed by atoms with Crippen molar-refractivity contribution in [1.29, 1.82) is 0 Å². The van der Waals surface area contributed by atoms with E-state index in [1.165, 1.54) is 12.1 Å². The lowest BCUT2D eigenvalue weighted by Gasteiger charge is -2.11. The van der Waals surface area contributed by atoms with E-state index in [2.05, 4.69) is 0 Å². The van der Waals surface area contributed by atoms with Crippen molar-refractivity contribution in [3.05, 3.63) is 62.7 Å². The summed E-state index contributed by atoms with van der Waals surface area (Å²) in [4.78, 5) is 10.5. The lowest BCUT2D eigenvalue weighted by molar-refractivity contribution is -0.385. The van der Waals surface area contributed by atoms with E-state index in [0.717, 1.165) is 5.56 Å². The van der Waals surface area contributed by atoms with E-state index in [0.29, 0.717) is 16.3 Å². The Balaban J connectivity index is 2.35. The van der Waals surface area contributed by atoms with Crippen molar-refractivity contribution in [2.24, 2.45) is 0 Å². The van der Waals surface area contributed by atoms with Crippen LogP contribution in [0.25, 0.3) is 0 Å². The summed E-state index contributed by atoms with van der Waals surface area (Å²) in [5.41, 5.74) is 1.24. The average Bonchev–Trinajstić information content (AvgIpc) is 2.40. The zero-order valence-corrected chi connectivity index (χ0v) is 12.3. The first-order valence-corrected chi connectivity index (χ1v) is 6.66. The Morgan fingerprint density at radius 1 is 1.29 bits per heavy atom. The van der Waals surface area contributed by atoms with Crippen molar-refractivity contribution >= 4 is 17.3 Å². The zero-order valence-electron chi connectivity index (χ0n) is 11.5. The third-order valence-corrected chi connectivity index (χ3v) is 3.29. The summed E-state index contributed by atoms with van der Waals surface area (Å²) in [5, 5.41) is 20.9. The van der Waals surface area contributed by atoms with E-state index in [4.69, 9.17) is 16.3 Å². The summed E-state index contributed by atoms with van der Waals surface area (Å²) in [7, 11) is 0. The van der Waals surface area contributed by atoms with Gasteiger partial charge in [-0.05, 0) is 43.2 Å². The highest BCUT2D eigenvalue weighted by Gasteiger charge is 2.16. The average molecular weight is 308 g/mol. The van der Waals surface area contributed by atoms with Gasteiger partial charge in [0.05, 0.1) is 16.0 Å². The fraction of sp³-hybridized carbons (Fsp3) is 0.200. The van der Waals surface area contributed by atoms with Crippen LogP contribution in [0.3, 0.4) is 0 Å². The number of hydrogen-bond donors (Lipinski definition) is 1. The van der Waals surface area contributed by atoms with Crippen molar-refractivity contribution < 1.29 is 14.8 Å². The molecule has 0 amide bonds. The van der Waals surface area contributed by atoms with Crippen LogP contribution < -0.4 is 4.74 Å². The van der Waals surface area contributed by atoms with Crippen LogP contribution in [0.2, 0.25) is 5.02 Å². The second-order valence-corrected chi connectivity index (χ2v) is 5.10. The third kappa shape index (κ3) is 3.51. The van der Waals surface area contributed by atoms with Gasteiger partial charge in [0.25, 0.3) is 0 Å². The number of rotatable bonds is 4. The van der Waals surface area contributed by atoms with Crippen LogP contribution in [0.5, 0.6) is 11.5 Å². The minimum atomic E-state index is -0.694. The first-order chi connectivity index (χ1) is 9.88. The predicted octanol–water partition coefficient (Wildman–Crippen LogP) is 4.40. The first kappa shape index (κ1) is 15.3. The van der Waals surface area contributed by atoms with Gasteiger partial charge in [-0.2, -0.15) is 0 Å². The van der Waals surface area contributed by atoms with E-state index in [-0.39, 0.29) is 11.4 Å². The minimum absolute atomic E-state index is 0.106. The Kier molecular flexibility index (Phi) is 4.45. The molecule has 2 rings (SSSR count). The van der Waals surface area contributed by atoms with Gasteiger partial charge in [0.1, 0.15) is 5.75 Å². The summed E-state index contributed by atoms with van der Waals surface area (Å²) >= 11 is 6.04. The van der Waals surface area contributed by atoms with Crippen molar-refractivity contribution in [1.82, 2.24) is 0 Å². The van der Waals surface area contributed by atoms with Crippen LogP contribution in [-0.2, 0) is 0 Å². The van der Waals surface area contributed by atoms with Gasteiger partial charge < -0.3 is 9.84 Å². The van der Waals surface area contributed by atoms with Crippen molar-refractivity contribution in [2.45, 2.75) is 20.0 Å². The molecule has 21 heavy (non-hydrogen) atoms. The molecule has 0 bridgehead atoms. The summed E-state index contributed by atoms with van der Waals surface area (Å²) < 4.78 is 5.53. The molecule has 5 nitrogen and oxygen atoms in total. The standard InChI is InChI=1S/C15H14ClNO4/c1-9-3-6-15(14(7-9)17(19)20)21-11-4-5-12(10(2)18)13(16)8-11/h3-8,10,18H,1-2H3. The summed E-state index contributed by atoms with van der Waals surface area (Å²) in [6.45, 7) is 3.37. The van der Waals surface area contributed by atoms with Gasteiger partial charge in [-0.25, -0.2) is 0 Å². The monoisotopic (exact) mass is 307 g/mol. The molecule has 1 unspecified atom stereocenters. The molecule has 0 saturated heterocycles. The molecule has 0 aliphatic rings. The molecule has 110 valence electrons. The number of aliphatic hydroxyl groups is 1. The minimum Gasteiger partial charge on any atom is -0.450 e. The van der Waals surface area contributed by atoms with Gasteiger partial charge in [0, 0.05) is 6.07 Å². The fourth-order valence-corrected chi connectivity index (χ4v) is 2.22. The first-order valence-electron chi connectivity index (χ1n) is 6.29. The Bertz CT molecular complexity index is 685. The molecule has 6 heteroatoms. The molecule has 1 atom stereocenters. The second-order valence-electron chi connectivity index (χ2n) is 4.69. The van der Waals surface area contributed by atoms with E-state index >= 15 is 0 Å². The van der Waals surface area contributed by atoms with Gasteiger partial charge in [-0.15, -0.1) is 0 Å². The van der Waals surface area contributed by atoms with Crippen LogP contribution in [0.1, 0.15) is 24.2 Å². The lowest BCUT2D eigenvalue weighted by atomic mass is 10.1. The molecule has 0 spiro atoms. The molecule has 0 saturated carbocycles. The van der Waals surface area contributed by atoms with Crippen LogP contribution in [0, 0.1) is 17.0 Å². The predicted molar refractivity (Wildman–Crippen MR) is 80.0 cm³/mol. The van der Waals surface area contributed by atoms with Crippen molar-refractivity contribution in [3.8, 4) is 11.5 Å². The van der Waals surface area contributed by atoms with Crippen molar-refractivity contribution in [3.63, 3.8) is 0 Å². The summed E-state index contributed by atoms with van der Waals surface area (Å²) in [5.74, 6) is 0.516. The third-order valence-electron chi connectivity index (χ3n) is 2.96. The molecule has 1 N–H and O–H groups in total. The highest BCUT2D eigenvalue weighted by Crippen LogP contribution is 2.34. The normalized spacial score (nSPS) is 12.0. The zero-order chi connectivity index (χ0) is 15.6. The second kappa shape index (κ2) is 6.11. The van der Waals surface area contributed by atoms with Crippen molar-refractivity contribution in [2.75, 3.05) is 0 Å². The number of nitro groups is 1. The molecule has 0 aromatic heterocycles. The number of aryl methyl sites for hydroxylation is 1. The highest BCUT2D eigenvalue weighted by atomic mass is 35.5. The molecule has 0 aliphatic carbocycles. The van der Waals surface area contributed by atoms with E-state index < -0.39 is 11.0 Å². The van der Waals surface area contributed by atoms with E-state index in [9.17, 15) is 15.2 Å². The quantitative estimate of drug-likeness (QED) is 0.671. The maximum Gasteiger partial charge on any atom is 0.311 e. The Labute approximate surface area is 126 Å². The van der Waals surface area contributed by atoms with Crippen LogP contribution in [-0.4, -0.2) is 10.0 Å². The smallest absolute Gasteiger partial charge is 0.311 e. The molecular formula is C15H14ClNO4. The fourth-order valence-electron chi connectivity index (χ4n) is 1.89. The maximum absolute atomic E-state index is 11.0. The summed E-state index contributed by atoms with van der Waals surface area (Å²) in [6, 6.07) is 9.48. The number of ether oxygens (including phenoxy) is 1. The van der Waals surface area contributed by atoms with Crippen LogP contribution in [0.15, 0.2) is 36.4 Å².